The van der Waals surface area contributed by atoms with E-state index in [0.29, 0.717) is 17.4 Å². The van der Waals surface area contributed by atoms with Gasteiger partial charge in [0.2, 0.25) is 0 Å². The maximum atomic E-state index is 13.0. The highest BCUT2D eigenvalue weighted by molar-refractivity contribution is 5.87. The van der Waals surface area contributed by atoms with Crippen LogP contribution in [0.1, 0.15) is 118 Å². The van der Waals surface area contributed by atoms with Crippen LogP contribution in [0.2, 0.25) is 0 Å². The number of carbonyl (C=O) groups excluding carboxylic acids is 1. The Morgan fingerprint density at radius 1 is 0.867 bits per heavy atom. The number of hydrogen-bond acceptors (Lipinski definition) is 5. The molecular formula is C39H54O6. The molecule has 1 aromatic rings. The third-order valence-electron chi connectivity index (χ3n) is 14.7. The Labute approximate surface area is 269 Å². The second-order valence-electron chi connectivity index (χ2n) is 17.5. The van der Waals surface area contributed by atoms with Crippen LogP contribution in [0, 0.1) is 50.2 Å². The number of carbonyl (C=O) groups is 2. The van der Waals surface area contributed by atoms with Crippen molar-refractivity contribution in [2.24, 2.45) is 50.2 Å². The summed E-state index contributed by atoms with van der Waals surface area (Å²) in [5.41, 5.74) is 1.59. The Morgan fingerprint density at radius 3 is 2.27 bits per heavy atom. The Bertz CT molecular complexity index is 1450. The molecule has 0 radical (unpaired) electrons. The average Bonchev–Trinajstić information content (AvgIpc) is 2.95. The van der Waals surface area contributed by atoms with E-state index in [1.807, 2.05) is 0 Å². The number of aromatic hydroxyl groups is 2. The molecule has 0 aliphatic heterocycles. The minimum atomic E-state index is -0.619. The van der Waals surface area contributed by atoms with E-state index in [0.717, 1.165) is 64.2 Å². The van der Waals surface area contributed by atoms with Crippen LogP contribution in [0.25, 0.3) is 6.08 Å². The molecule has 3 N–H and O–H groups in total. The molecule has 6 nitrogen and oxygen atoms in total. The van der Waals surface area contributed by atoms with Crippen molar-refractivity contribution in [2.75, 3.05) is 0 Å². The van der Waals surface area contributed by atoms with Crippen molar-refractivity contribution in [1.29, 1.82) is 0 Å². The molecule has 0 unspecified atom stereocenters. The third kappa shape index (κ3) is 4.70. The summed E-state index contributed by atoms with van der Waals surface area (Å²) in [6.07, 6.45) is 14.8. The molecule has 0 saturated heterocycles. The van der Waals surface area contributed by atoms with Crippen molar-refractivity contribution in [3.63, 3.8) is 0 Å². The van der Waals surface area contributed by atoms with Crippen LogP contribution < -0.4 is 0 Å². The van der Waals surface area contributed by atoms with Gasteiger partial charge in [0, 0.05) is 11.5 Å². The average molecular weight is 619 g/mol. The lowest BCUT2D eigenvalue weighted by atomic mass is 9.33. The molecule has 0 spiro atoms. The zero-order chi connectivity index (χ0) is 32.8. The van der Waals surface area contributed by atoms with Crippen molar-refractivity contribution < 1.29 is 29.6 Å². The van der Waals surface area contributed by atoms with Gasteiger partial charge in [-0.05, 0) is 127 Å². The van der Waals surface area contributed by atoms with E-state index < -0.39 is 11.4 Å². The van der Waals surface area contributed by atoms with E-state index in [9.17, 15) is 24.9 Å². The van der Waals surface area contributed by atoms with Gasteiger partial charge in [0.15, 0.2) is 11.5 Å². The van der Waals surface area contributed by atoms with Crippen molar-refractivity contribution in [1.82, 2.24) is 0 Å². The van der Waals surface area contributed by atoms with Crippen LogP contribution in [0.15, 0.2) is 35.9 Å². The number of phenolic OH excluding ortho intramolecular Hbond substituents is 2. The summed E-state index contributed by atoms with van der Waals surface area (Å²) >= 11 is 0. The fraction of sp³-hybridized carbons (Fsp3) is 0.692. The number of benzene rings is 1. The molecule has 0 heterocycles. The SMILES string of the molecule is CC1(C)CC[C@]2(C(=O)O)CC[C@]3(C)C(=CC[C@@H]4[C@@]5(C)CC[C@H](OC(=O)/C=C\c6ccc(O)c(O)c6)C(C)(C)[C@@H]5CC[C@]43C)[C@@H]2C1. The lowest BCUT2D eigenvalue weighted by Gasteiger charge is -2.71. The lowest BCUT2D eigenvalue weighted by Crippen LogP contribution is -2.65. The largest absolute Gasteiger partial charge is 0.504 e. The molecule has 45 heavy (non-hydrogen) atoms. The Balaban J connectivity index is 1.25. The molecule has 6 rings (SSSR count). The van der Waals surface area contributed by atoms with Crippen molar-refractivity contribution >= 4 is 18.0 Å². The number of fused-ring (bicyclic) bond motifs is 7. The van der Waals surface area contributed by atoms with Crippen LogP contribution in [0.5, 0.6) is 11.5 Å². The molecule has 4 saturated carbocycles. The van der Waals surface area contributed by atoms with Gasteiger partial charge in [-0.2, -0.15) is 0 Å². The number of hydrogen-bond donors (Lipinski definition) is 3. The fourth-order valence-corrected chi connectivity index (χ4v) is 11.8. The normalized spacial score (nSPS) is 41.5. The fourth-order valence-electron chi connectivity index (χ4n) is 11.8. The lowest BCUT2D eigenvalue weighted by molar-refractivity contribution is -0.212. The van der Waals surface area contributed by atoms with Gasteiger partial charge in [-0.25, -0.2) is 4.79 Å². The molecule has 6 heteroatoms. The predicted octanol–water partition coefficient (Wildman–Crippen LogP) is 8.91. The Kier molecular flexibility index (Phi) is 7.42. The number of esters is 1. The summed E-state index contributed by atoms with van der Waals surface area (Å²) in [6.45, 7) is 16.8. The van der Waals surface area contributed by atoms with Crippen LogP contribution in [0.3, 0.4) is 0 Å². The first-order valence-electron chi connectivity index (χ1n) is 17.2. The number of allylic oxidation sites excluding steroid dienone is 2. The highest BCUT2D eigenvalue weighted by Crippen LogP contribution is 2.75. The number of carboxylic acid groups (broad SMARTS) is 1. The van der Waals surface area contributed by atoms with Crippen LogP contribution in [0.4, 0.5) is 0 Å². The quantitative estimate of drug-likeness (QED) is 0.135. The summed E-state index contributed by atoms with van der Waals surface area (Å²) in [4.78, 5) is 25.9. The number of carboxylic acids is 1. The van der Waals surface area contributed by atoms with Gasteiger partial charge in [0.25, 0.3) is 0 Å². The van der Waals surface area contributed by atoms with E-state index in [1.54, 1.807) is 12.1 Å². The van der Waals surface area contributed by atoms with Crippen LogP contribution in [-0.2, 0) is 14.3 Å². The molecule has 8 atom stereocenters. The highest BCUT2D eigenvalue weighted by atomic mass is 16.5. The molecule has 0 amide bonds. The number of ether oxygens (including phenoxy) is 1. The topological polar surface area (TPSA) is 104 Å². The zero-order valence-electron chi connectivity index (χ0n) is 28.4. The minimum Gasteiger partial charge on any atom is -0.504 e. The number of aliphatic carboxylic acids is 1. The highest BCUT2D eigenvalue weighted by Gasteiger charge is 2.69. The van der Waals surface area contributed by atoms with Crippen molar-refractivity contribution in [2.45, 2.75) is 119 Å². The van der Waals surface area contributed by atoms with Crippen molar-refractivity contribution in [3.8, 4) is 11.5 Å². The summed E-state index contributed by atoms with van der Waals surface area (Å²) < 4.78 is 6.15. The smallest absolute Gasteiger partial charge is 0.331 e. The van der Waals surface area contributed by atoms with E-state index in [2.05, 4.69) is 54.5 Å². The van der Waals surface area contributed by atoms with Gasteiger partial charge in [0.1, 0.15) is 6.10 Å². The second-order valence-corrected chi connectivity index (χ2v) is 17.5. The maximum Gasteiger partial charge on any atom is 0.331 e. The Morgan fingerprint density at radius 2 is 1.58 bits per heavy atom. The Hall–Kier alpha value is -2.76. The predicted molar refractivity (Wildman–Crippen MR) is 175 cm³/mol. The second kappa shape index (κ2) is 10.4. The van der Waals surface area contributed by atoms with Crippen molar-refractivity contribution in [3.05, 3.63) is 41.5 Å². The van der Waals surface area contributed by atoms with E-state index in [-0.39, 0.29) is 56.6 Å². The number of rotatable bonds is 4. The van der Waals surface area contributed by atoms with Gasteiger partial charge in [-0.3, -0.25) is 4.79 Å². The van der Waals surface area contributed by atoms with Gasteiger partial charge >= 0.3 is 11.9 Å². The van der Waals surface area contributed by atoms with Gasteiger partial charge < -0.3 is 20.1 Å². The molecule has 1 aromatic carbocycles. The molecule has 5 aliphatic carbocycles. The van der Waals surface area contributed by atoms with Gasteiger partial charge in [-0.1, -0.05) is 66.2 Å². The molecule has 0 bridgehead atoms. The summed E-state index contributed by atoms with van der Waals surface area (Å²) in [7, 11) is 0. The van der Waals surface area contributed by atoms with E-state index in [4.69, 9.17) is 4.74 Å². The molecule has 0 aromatic heterocycles. The molecule has 5 aliphatic rings. The molecule has 246 valence electrons. The van der Waals surface area contributed by atoms with E-state index >= 15 is 0 Å². The number of phenols is 2. The van der Waals surface area contributed by atoms with Crippen LogP contribution in [-0.4, -0.2) is 33.4 Å². The van der Waals surface area contributed by atoms with Gasteiger partial charge in [0.05, 0.1) is 5.41 Å². The van der Waals surface area contributed by atoms with Gasteiger partial charge in [-0.15, -0.1) is 0 Å². The molecular weight excluding hydrogens is 564 g/mol. The summed E-state index contributed by atoms with van der Waals surface area (Å²) in [5, 5.41) is 30.0. The summed E-state index contributed by atoms with van der Waals surface area (Å²) in [5.74, 6) is -0.379. The third-order valence-corrected chi connectivity index (χ3v) is 14.7. The van der Waals surface area contributed by atoms with Crippen LogP contribution >= 0.6 is 0 Å². The standard InChI is InChI=1S/C39H54O6/c1-34(2)18-20-39(33(43)44)21-19-37(6)25(26(39)23-34)10-12-30-36(5)16-15-31(35(3,4)29(36)14-17-38(30,37)7)45-32(42)13-9-24-8-11-27(40)28(41)22-24/h8-11,13,22,26,29-31,40-41H,12,14-21,23H2,1-7H3,(H,43,44)/b13-9-/t26-,29-,30+,31-,36-,37+,38+,39-/m0/s1. The summed E-state index contributed by atoms with van der Waals surface area (Å²) in [6, 6.07) is 4.46. The monoisotopic (exact) mass is 618 g/mol. The first-order chi connectivity index (χ1) is 20.9. The molecule has 4 fully saturated rings. The zero-order valence-corrected chi connectivity index (χ0v) is 28.4. The maximum absolute atomic E-state index is 13.0. The first-order valence-corrected chi connectivity index (χ1v) is 17.2. The first kappa shape index (κ1) is 32.2. The minimum absolute atomic E-state index is 0.0121. The van der Waals surface area contributed by atoms with E-state index in [1.165, 1.54) is 23.8 Å².